The molecule has 0 aromatic heterocycles. The van der Waals surface area contributed by atoms with E-state index in [0.29, 0.717) is 18.7 Å². The first kappa shape index (κ1) is 17.0. The van der Waals surface area contributed by atoms with Gasteiger partial charge in [-0.05, 0) is 42.7 Å². The van der Waals surface area contributed by atoms with Crippen molar-refractivity contribution >= 4 is 17.5 Å². The number of anilines is 1. The molecule has 1 N–H and O–H groups in total. The van der Waals surface area contributed by atoms with Crippen LogP contribution in [-0.2, 0) is 22.4 Å². The van der Waals surface area contributed by atoms with Crippen LogP contribution in [0.5, 0.6) is 5.75 Å². The van der Waals surface area contributed by atoms with Gasteiger partial charge in [-0.1, -0.05) is 29.8 Å². The summed E-state index contributed by atoms with van der Waals surface area (Å²) in [4.78, 5) is 25.3. The van der Waals surface area contributed by atoms with Gasteiger partial charge in [-0.25, -0.2) is 0 Å². The average Bonchev–Trinajstić information content (AvgIpc) is 2.88. The summed E-state index contributed by atoms with van der Waals surface area (Å²) in [6.07, 6.45) is 1.18. The summed E-state index contributed by atoms with van der Waals surface area (Å²) in [6, 6.07) is 13.6. The second-order valence-corrected chi connectivity index (χ2v) is 6.29. The maximum absolute atomic E-state index is 11.9. The highest BCUT2D eigenvalue weighted by Crippen LogP contribution is 2.28. The Kier molecular flexibility index (Phi) is 5.03. The van der Waals surface area contributed by atoms with Gasteiger partial charge in [-0.2, -0.15) is 0 Å². The number of ether oxygens (including phenoxy) is 1. The average molecular weight is 338 g/mol. The van der Waals surface area contributed by atoms with Crippen molar-refractivity contribution < 1.29 is 14.3 Å². The van der Waals surface area contributed by atoms with Crippen LogP contribution in [0.2, 0.25) is 0 Å². The Labute approximate surface area is 147 Å². The first-order chi connectivity index (χ1) is 12.0. The van der Waals surface area contributed by atoms with Gasteiger partial charge in [0, 0.05) is 19.3 Å². The molecule has 0 saturated heterocycles. The van der Waals surface area contributed by atoms with Gasteiger partial charge in [0.15, 0.2) is 6.61 Å². The lowest BCUT2D eigenvalue weighted by Crippen LogP contribution is -2.30. The Morgan fingerprint density at radius 1 is 1.20 bits per heavy atom. The van der Waals surface area contributed by atoms with Crippen LogP contribution in [0, 0.1) is 6.92 Å². The molecule has 1 heterocycles. The Balaban J connectivity index is 1.44. The third-order valence-corrected chi connectivity index (χ3v) is 4.35. The first-order valence-corrected chi connectivity index (χ1v) is 8.37. The van der Waals surface area contributed by atoms with Crippen molar-refractivity contribution in [1.29, 1.82) is 0 Å². The van der Waals surface area contributed by atoms with Gasteiger partial charge in [0.1, 0.15) is 5.75 Å². The minimum absolute atomic E-state index is 0.00649. The lowest BCUT2D eigenvalue weighted by atomic mass is 10.1. The predicted octanol–water partition coefficient (Wildman–Crippen LogP) is 2.25. The largest absolute Gasteiger partial charge is 0.484 e. The monoisotopic (exact) mass is 338 g/mol. The Hall–Kier alpha value is -2.82. The Morgan fingerprint density at radius 3 is 2.72 bits per heavy atom. The van der Waals surface area contributed by atoms with Crippen molar-refractivity contribution in [3.05, 3.63) is 59.2 Å². The highest BCUT2D eigenvalue weighted by atomic mass is 16.5. The molecule has 5 nitrogen and oxygen atoms in total. The van der Waals surface area contributed by atoms with E-state index in [9.17, 15) is 9.59 Å². The molecule has 0 saturated carbocycles. The van der Waals surface area contributed by atoms with E-state index in [4.69, 9.17) is 4.74 Å². The normalized spacial score (nSPS) is 12.9. The summed E-state index contributed by atoms with van der Waals surface area (Å²) < 4.78 is 5.45. The van der Waals surface area contributed by atoms with Crippen LogP contribution in [0.25, 0.3) is 0 Å². The molecular weight excluding hydrogens is 316 g/mol. The number of aryl methyl sites for hydroxylation is 1. The standard InChI is InChI=1S/C20H22N2O3/c1-14-3-6-17(7-4-14)25-13-19(23)21-10-9-15-5-8-18-16(11-15)12-20(24)22(18)2/h3-8,11H,9-10,12-13H2,1-2H3,(H,21,23). The number of amides is 2. The molecule has 2 amide bonds. The number of hydrogen-bond donors (Lipinski definition) is 1. The van der Waals surface area contributed by atoms with Crippen molar-refractivity contribution in [3.8, 4) is 5.75 Å². The summed E-state index contributed by atoms with van der Waals surface area (Å²) in [6.45, 7) is 2.55. The van der Waals surface area contributed by atoms with E-state index in [1.54, 1.807) is 11.9 Å². The summed E-state index contributed by atoms with van der Waals surface area (Å²) >= 11 is 0. The highest BCUT2D eigenvalue weighted by Gasteiger charge is 2.23. The molecule has 0 spiro atoms. The van der Waals surface area contributed by atoms with Gasteiger partial charge in [0.2, 0.25) is 5.91 Å². The molecule has 0 fully saturated rings. The fourth-order valence-corrected chi connectivity index (χ4v) is 2.86. The maximum atomic E-state index is 11.9. The van der Waals surface area contributed by atoms with E-state index in [2.05, 4.69) is 5.32 Å². The van der Waals surface area contributed by atoms with E-state index in [-0.39, 0.29) is 18.4 Å². The van der Waals surface area contributed by atoms with E-state index in [1.165, 1.54) is 0 Å². The lowest BCUT2D eigenvalue weighted by Gasteiger charge is -2.11. The molecular formula is C20H22N2O3. The summed E-state index contributed by atoms with van der Waals surface area (Å²) in [5.41, 5.74) is 4.30. The molecule has 0 atom stereocenters. The fraction of sp³-hybridized carbons (Fsp3) is 0.300. The summed E-state index contributed by atoms with van der Waals surface area (Å²) in [7, 11) is 1.79. The smallest absolute Gasteiger partial charge is 0.257 e. The van der Waals surface area contributed by atoms with Gasteiger partial charge >= 0.3 is 0 Å². The molecule has 130 valence electrons. The maximum Gasteiger partial charge on any atom is 0.257 e. The van der Waals surface area contributed by atoms with E-state index >= 15 is 0 Å². The number of rotatable bonds is 6. The van der Waals surface area contributed by atoms with Crippen molar-refractivity contribution in [2.24, 2.45) is 0 Å². The molecule has 0 radical (unpaired) electrons. The molecule has 5 heteroatoms. The van der Waals surface area contributed by atoms with Crippen LogP contribution in [-0.4, -0.2) is 32.0 Å². The SMILES string of the molecule is Cc1ccc(OCC(=O)NCCc2ccc3c(c2)CC(=O)N3C)cc1. The molecule has 25 heavy (non-hydrogen) atoms. The van der Waals surface area contributed by atoms with Crippen molar-refractivity contribution in [2.75, 3.05) is 25.1 Å². The topological polar surface area (TPSA) is 58.6 Å². The third kappa shape index (κ3) is 4.18. The summed E-state index contributed by atoms with van der Waals surface area (Å²) in [5, 5.41) is 2.86. The molecule has 1 aliphatic heterocycles. The number of fused-ring (bicyclic) bond motifs is 1. The number of nitrogens with zero attached hydrogens (tertiary/aromatic N) is 1. The fourth-order valence-electron chi connectivity index (χ4n) is 2.86. The molecule has 0 unspecified atom stereocenters. The van der Waals surface area contributed by atoms with Gasteiger partial charge in [0.25, 0.3) is 5.91 Å². The first-order valence-electron chi connectivity index (χ1n) is 8.37. The minimum Gasteiger partial charge on any atom is -0.484 e. The van der Waals surface area contributed by atoms with Crippen molar-refractivity contribution in [1.82, 2.24) is 5.32 Å². The van der Waals surface area contributed by atoms with Crippen LogP contribution < -0.4 is 15.0 Å². The van der Waals surface area contributed by atoms with Crippen molar-refractivity contribution in [3.63, 3.8) is 0 Å². The van der Waals surface area contributed by atoms with E-state index < -0.39 is 0 Å². The second kappa shape index (κ2) is 7.38. The number of benzene rings is 2. The molecule has 0 aliphatic carbocycles. The molecule has 2 aromatic rings. The predicted molar refractivity (Wildman–Crippen MR) is 96.9 cm³/mol. The van der Waals surface area contributed by atoms with Crippen LogP contribution >= 0.6 is 0 Å². The zero-order valence-electron chi connectivity index (χ0n) is 14.5. The Bertz CT molecular complexity index is 784. The van der Waals surface area contributed by atoms with Crippen LogP contribution in [0.3, 0.4) is 0 Å². The second-order valence-electron chi connectivity index (χ2n) is 6.29. The third-order valence-electron chi connectivity index (χ3n) is 4.35. The summed E-state index contributed by atoms with van der Waals surface area (Å²) in [5.74, 6) is 0.665. The van der Waals surface area contributed by atoms with Crippen LogP contribution in [0.15, 0.2) is 42.5 Å². The van der Waals surface area contributed by atoms with Gasteiger partial charge in [-0.3, -0.25) is 9.59 Å². The van der Waals surface area contributed by atoms with Crippen LogP contribution in [0.1, 0.15) is 16.7 Å². The Morgan fingerprint density at radius 2 is 1.96 bits per heavy atom. The molecule has 2 aromatic carbocycles. The number of carbonyl (C=O) groups is 2. The number of carbonyl (C=O) groups excluding carboxylic acids is 2. The van der Waals surface area contributed by atoms with Gasteiger partial charge in [0.05, 0.1) is 6.42 Å². The van der Waals surface area contributed by atoms with E-state index in [1.807, 2.05) is 49.4 Å². The number of nitrogens with one attached hydrogen (secondary N) is 1. The quantitative estimate of drug-likeness (QED) is 0.879. The minimum atomic E-state index is -0.142. The number of likely N-dealkylation sites (N-methyl/N-ethyl adjacent to an activating group) is 1. The van der Waals surface area contributed by atoms with Crippen LogP contribution in [0.4, 0.5) is 5.69 Å². The zero-order valence-corrected chi connectivity index (χ0v) is 14.5. The van der Waals surface area contributed by atoms with Gasteiger partial charge < -0.3 is 15.0 Å². The number of hydrogen-bond acceptors (Lipinski definition) is 3. The molecule has 1 aliphatic rings. The molecule has 0 bridgehead atoms. The molecule has 3 rings (SSSR count). The highest BCUT2D eigenvalue weighted by molar-refractivity contribution is 6.00. The van der Waals surface area contributed by atoms with Gasteiger partial charge in [-0.15, -0.1) is 0 Å². The zero-order chi connectivity index (χ0) is 17.8. The van der Waals surface area contributed by atoms with E-state index in [0.717, 1.165) is 28.8 Å². The lowest BCUT2D eigenvalue weighted by molar-refractivity contribution is -0.123. The van der Waals surface area contributed by atoms with Crippen molar-refractivity contribution in [2.45, 2.75) is 19.8 Å².